The number of hydrogen-bond donors (Lipinski definition) is 0. The molecule has 3 nitrogen and oxygen atoms in total. The van der Waals surface area contributed by atoms with E-state index < -0.39 is 11.7 Å². The average Bonchev–Trinajstić information content (AvgIpc) is 2.54. The van der Waals surface area contributed by atoms with Crippen LogP contribution in [0.2, 0.25) is 0 Å². The molecule has 0 atom stereocenters. The summed E-state index contributed by atoms with van der Waals surface area (Å²) in [5.41, 5.74) is 0.164. The number of pyridine rings is 1. The van der Waals surface area contributed by atoms with Gasteiger partial charge in [-0.2, -0.15) is 18.4 Å². The topological polar surface area (TPSA) is 45.9 Å². The number of alkyl halides is 3. The van der Waals surface area contributed by atoms with Gasteiger partial charge in [-0.1, -0.05) is 6.07 Å². The smallest absolute Gasteiger partial charge is 0.416 e. The average molecular weight is 314 g/mol. The van der Waals surface area contributed by atoms with Crippen molar-refractivity contribution < 1.29 is 17.9 Å². The molecule has 0 aliphatic heterocycles. The largest absolute Gasteiger partial charge is 0.455 e. The minimum atomic E-state index is -4.40. The Morgan fingerprint density at radius 3 is 2.43 bits per heavy atom. The summed E-state index contributed by atoms with van der Waals surface area (Å²) < 4.78 is 43.3. The van der Waals surface area contributed by atoms with Gasteiger partial charge in [0, 0.05) is 17.6 Å². The zero-order valence-electron chi connectivity index (χ0n) is 11.6. The maximum Gasteiger partial charge on any atom is 0.416 e. The lowest BCUT2D eigenvalue weighted by atomic mass is 10.1. The van der Waals surface area contributed by atoms with Crippen molar-refractivity contribution in [1.82, 2.24) is 4.98 Å². The number of hydrogen-bond acceptors (Lipinski definition) is 3. The van der Waals surface area contributed by atoms with Crippen molar-refractivity contribution in [1.29, 1.82) is 5.26 Å². The minimum absolute atomic E-state index is 0.236. The summed E-state index contributed by atoms with van der Waals surface area (Å²) >= 11 is 0. The molecule has 0 unspecified atom stereocenters. The van der Waals surface area contributed by atoms with Crippen LogP contribution in [0, 0.1) is 11.3 Å². The van der Waals surface area contributed by atoms with E-state index in [1.165, 1.54) is 18.2 Å². The molecule has 1 aromatic heterocycles. The Morgan fingerprint density at radius 1 is 1.04 bits per heavy atom. The fourth-order valence-corrected chi connectivity index (χ4v) is 2.14. The van der Waals surface area contributed by atoms with Crippen LogP contribution in [0.3, 0.4) is 0 Å². The molecular weight excluding hydrogens is 305 g/mol. The van der Waals surface area contributed by atoms with Crippen LogP contribution < -0.4 is 4.74 Å². The predicted molar refractivity (Wildman–Crippen MR) is 78.0 cm³/mol. The third-order valence-electron chi connectivity index (χ3n) is 3.21. The third kappa shape index (κ3) is 3.09. The molecule has 0 spiro atoms. The summed E-state index contributed by atoms with van der Waals surface area (Å²) in [4.78, 5) is 4.20. The maximum atomic E-state index is 12.6. The number of nitriles is 1. The molecule has 0 saturated heterocycles. The quantitative estimate of drug-likeness (QED) is 0.674. The van der Waals surface area contributed by atoms with E-state index in [0.717, 1.165) is 12.1 Å². The van der Waals surface area contributed by atoms with Crippen LogP contribution >= 0.6 is 0 Å². The van der Waals surface area contributed by atoms with Crippen molar-refractivity contribution in [3.63, 3.8) is 0 Å². The van der Waals surface area contributed by atoms with Gasteiger partial charge in [0.05, 0.1) is 17.2 Å². The molecule has 23 heavy (non-hydrogen) atoms. The first-order valence-electron chi connectivity index (χ1n) is 6.61. The molecule has 3 rings (SSSR count). The Hall–Kier alpha value is -3.07. The molecule has 0 amide bonds. The molecule has 114 valence electrons. The number of rotatable bonds is 2. The van der Waals surface area contributed by atoms with Gasteiger partial charge >= 0.3 is 6.18 Å². The van der Waals surface area contributed by atoms with E-state index in [-0.39, 0.29) is 5.75 Å². The lowest BCUT2D eigenvalue weighted by Gasteiger charge is -2.10. The monoisotopic (exact) mass is 314 g/mol. The van der Waals surface area contributed by atoms with Gasteiger partial charge in [0.2, 0.25) is 0 Å². The first-order valence-corrected chi connectivity index (χ1v) is 6.61. The summed E-state index contributed by atoms with van der Waals surface area (Å²) in [6.45, 7) is 0. The van der Waals surface area contributed by atoms with Crippen molar-refractivity contribution in [2.24, 2.45) is 0 Å². The van der Waals surface area contributed by atoms with Gasteiger partial charge in [-0.05, 0) is 36.4 Å². The molecule has 0 bridgehead atoms. The highest BCUT2D eigenvalue weighted by Crippen LogP contribution is 2.33. The maximum absolute atomic E-state index is 12.6. The summed E-state index contributed by atoms with van der Waals surface area (Å²) in [5, 5.41) is 9.78. The first kappa shape index (κ1) is 14.9. The molecular formula is C17H9F3N2O. The van der Waals surface area contributed by atoms with Gasteiger partial charge < -0.3 is 4.74 Å². The Kier molecular flexibility index (Phi) is 3.62. The van der Waals surface area contributed by atoms with E-state index in [0.29, 0.717) is 22.2 Å². The fourth-order valence-electron chi connectivity index (χ4n) is 2.14. The van der Waals surface area contributed by atoms with E-state index in [1.807, 2.05) is 6.07 Å². The Bertz CT molecular complexity index is 896. The molecule has 0 aliphatic rings. The minimum Gasteiger partial charge on any atom is -0.455 e. The van der Waals surface area contributed by atoms with E-state index in [4.69, 9.17) is 10.00 Å². The van der Waals surface area contributed by atoms with Crippen LogP contribution in [0.4, 0.5) is 13.2 Å². The SMILES string of the molecule is N#Cc1cc(Oc2ccc(C(F)(F)F)cc2)c2ncccc2c1. The van der Waals surface area contributed by atoms with Crippen LogP contribution in [0.5, 0.6) is 11.5 Å². The lowest BCUT2D eigenvalue weighted by molar-refractivity contribution is -0.137. The van der Waals surface area contributed by atoms with Gasteiger partial charge in [0.1, 0.15) is 11.3 Å². The summed E-state index contributed by atoms with van der Waals surface area (Å²) in [6, 6.07) is 13.1. The normalized spacial score (nSPS) is 11.2. The first-order chi connectivity index (χ1) is 11.0. The molecule has 3 aromatic rings. The van der Waals surface area contributed by atoms with Crippen LogP contribution in [0.15, 0.2) is 54.7 Å². The third-order valence-corrected chi connectivity index (χ3v) is 3.21. The fraction of sp³-hybridized carbons (Fsp3) is 0.0588. The second kappa shape index (κ2) is 5.61. The van der Waals surface area contributed by atoms with Crippen molar-refractivity contribution in [3.8, 4) is 17.6 Å². The molecule has 0 N–H and O–H groups in total. The highest BCUT2D eigenvalue weighted by molar-refractivity contribution is 5.86. The van der Waals surface area contributed by atoms with Crippen molar-refractivity contribution in [2.75, 3.05) is 0 Å². The predicted octanol–water partition coefficient (Wildman–Crippen LogP) is 4.92. The molecule has 0 fully saturated rings. The molecule has 0 saturated carbocycles. The van der Waals surface area contributed by atoms with Crippen molar-refractivity contribution >= 4 is 10.9 Å². The van der Waals surface area contributed by atoms with E-state index in [9.17, 15) is 13.2 Å². The summed E-state index contributed by atoms with van der Waals surface area (Å²) in [5.74, 6) is 0.555. The second-order valence-corrected chi connectivity index (χ2v) is 4.79. The van der Waals surface area contributed by atoms with Crippen LogP contribution in [-0.4, -0.2) is 4.98 Å². The highest BCUT2D eigenvalue weighted by Gasteiger charge is 2.30. The van der Waals surface area contributed by atoms with E-state index >= 15 is 0 Å². The van der Waals surface area contributed by atoms with Crippen molar-refractivity contribution in [3.05, 3.63) is 65.9 Å². The lowest BCUT2D eigenvalue weighted by Crippen LogP contribution is -2.04. The molecule has 1 heterocycles. The van der Waals surface area contributed by atoms with E-state index in [2.05, 4.69) is 4.98 Å². The molecule has 0 radical (unpaired) electrons. The zero-order chi connectivity index (χ0) is 16.4. The number of halogens is 3. The van der Waals surface area contributed by atoms with Crippen LogP contribution in [0.25, 0.3) is 10.9 Å². The van der Waals surface area contributed by atoms with Gasteiger partial charge in [0.25, 0.3) is 0 Å². The molecule has 0 aliphatic carbocycles. The number of ether oxygens (including phenoxy) is 1. The number of benzene rings is 2. The van der Waals surface area contributed by atoms with Crippen LogP contribution in [-0.2, 0) is 6.18 Å². The number of aromatic nitrogens is 1. The van der Waals surface area contributed by atoms with Gasteiger partial charge in [0.15, 0.2) is 5.75 Å². The van der Waals surface area contributed by atoms with E-state index in [1.54, 1.807) is 24.4 Å². The standard InChI is InChI=1S/C17H9F3N2O/c18-17(19,20)13-3-5-14(6-4-13)23-15-9-11(10-21)8-12-2-1-7-22-16(12)15/h1-9H. The van der Waals surface area contributed by atoms with Crippen molar-refractivity contribution in [2.45, 2.75) is 6.18 Å². The molecule has 6 heteroatoms. The zero-order valence-corrected chi connectivity index (χ0v) is 11.6. The highest BCUT2D eigenvalue weighted by atomic mass is 19.4. The Morgan fingerprint density at radius 2 is 1.78 bits per heavy atom. The Balaban J connectivity index is 2.00. The summed E-state index contributed by atoms with van der Waals surface area (Å²) in [7, 11) is 0. The second-order valence-electron chi connectivity index (χ2n) is 4.79. The van der Waals surface area contributed by atoms with Crippen LogP contribution in [0.1, 0.15) is 11.1 Å². The number of fused-ring (bicyclic) bond motifs is 1. The number of nitrogens with zero attached hydrogens (tertiary/aromatic N) is 2. The van der Waals surface area contributed by atoms with Gasteiger partial charge in [-0.3, -0.25) is 4.98 Å². The van der Waals surface area contributed by atoms with Gasteiger partial charge in [-0.25, -0.2) is 0 Å². The Labute approximate surface area is 129 Å². The molecule has 2 aromatic carbocycles. The summed E-state index contributed by atoms with van der Waals surface area (Å²) in [6.07, 6.45) is -2.82. The van der Waals surface area contributed by atoms with Gasteiger partial charge in [-0.15, -0.1) is 0 Å².